The van der Waals surface area contributed by atoms with E-state index in [0.717, 1.165) is 16.7 Å². The predicted octanol–water partition coefficient (Wildman–Crippen LogP) is 5.25. The van der Waals surface area contributed by atoms with Crippen LogP contribution < -0.4 is 5.56 Å². The van der Waals surface area contributed by atoms with Gasteiger partial charge in [-0.3, -0.25) is 4.79 Å². The molecule has 0 fully saturated rings. The van der Waals surface area contributed by atoms with Gasteiger partial charge in [0.2, 0.25) is 0 Å². The van der Waals surface area contributed by atoms with Gasteiger partial charge in [0.05, 0.1) is 28.1 Å². The Morgan fingerprint density at radius 2 is 2.00 bits per heavy atom. The van der Waals surface area contributed by atoms with E-state index in [1.807, 2.05) is 32.0 Å². The fraction of sp³-hybridized carbons (Fsp3) is 0.120. The highest BCUT2D eigenvalue weighted by molar-refractivity contribution is 6.17. The van der Waals surface area contributed by atoms with Gasteiger partial charge in [-0.15, -0.1) is 0 Å². The normalized spacial score (nSPS) is 11.5. The van der Waals surface area contributed by atoms with Gasteiger partial charge in [0, 0.05) is 18.3 Å². The molecule has 3 heterocycles. The van der Waals surface area contributed by atoms with Gasteiger partial charge in [-0.05, 0) is 54.8 Å². The van der Waals surface area contributed by atoms with E-state index >= 15 is 0 Å². The van der Waals surface area contributed by atoms with E-state index in [4.69, 9.17) is 4.42 Å². The van der Waals surface area contributed by atoms with Crippen LogP contribution in [0.15, 0.2) is 64.1 Å². The van der Waals surface area contributed by atoms with Crippen LogP contribution in [0.1, 0.15) is 27.2 Å². The molecule has 0 spiro atoms. The van der Waals surface area contributed by atoms with E-state index in [0.29, 0.717) is 10.9 Å². The van der Waals surface area contributed by atoms with Crippen LogP contribution in [0.4, 0.5) is 4.39 Å². The van der Waals surface area contributed by atoms with E-state index in [-0.39, 0.29) is 34.3 Å². The number of aromatic amines is 1. The lowest BCUT2D eigenvalue weighted by Crippen LogP contribution is -2.14. The summed E-state index contributed by atoms with van der Waals surface area (Å²) in [5.41, 5.74) is 3.39. The number of pyridine rings is 1. The molecule has 5 aromatic rings. The third-order valence-electron chi connectivity index (χ3n) is 6.05. The van der Waals surface area contributed by atoms with Gasteiger partial charge in [-0.25, -0.2) is 9.18 Å². The molecule has 32 heavy (non-hydrogen) atoms. The number of nitrogens with zero attached hydrogens (tertiary/aromatic N) is 1. The Kier molecular flexibility index (Phi) is 4.48. The third-order valence-corrected chi connectivity index (χ3v) is 6.05. The molecule has 0 bridgehead atoms. The maximum atomic E-state index is 14.9. The van der Waals surface area contributed by atoms with Crippen molar-refractivity contribution in [1.82, 2.24) is 9.55 Å². The van der Waals surface area contributed by atoms with Crippen molar-refractivity contribution in [3.63, 3.8) is 0 Å². The van der Waals surface area contributed by atoms with Crippen LogP contribution in [0, 0.1) is 19.7 Å². The van der Waals surface area contributed by atoms with Crippen molar-refractivity contribution in [3.05, 3.63) is 93.5 Å². The molecular formula is C25H19FN2O4. The molecule has 3 aromatic heterocycles. The summed E-state index contributed by atoms with van der Waals surface area (Å²) in [4.78, 5) is 27.8. The van der Waals surface area contributed by atoms with E-state index in [1.54, 1.807) is 16.7 Å². The molecule has 0 aliphatic carbocycles. The number of benzene rings is 2. The quantitative estimate of drug-likeness (QED) is 0.408. The van der Waals surface area contributed by atoms with Gasteiger partial charge in [0.25, 0.3) is 5.56 Å². The van der Waals surface area contributed by atoms with Crippen LogP contribution >= 0.6 is 0 Å². The summed E-state index contributed by atoms with van der Waals surface area (Å²) in [6.45, 7) is 4.14. The highest BCUT2D eigenvalue weighted by atomic mass is 19.1. The number of halogens is 1. The molecule has 0 amide bonds. The fourth-order valence-electron chi connectivity index (χ4n) is 4.33. The summed E-state index contributed by atoms with van der Waals surface area (Å²) in [5.74, 6) is -1.74. The summed E-state index contributed by atoms with van der Waals surface area (Å²) in [6.07, 6.45) is 2.83. The Labute approximate surface area is 181 Å². The number of nitrogens with one attached hydrogen (secondary N) is 1. The number of hydrogen-bond acceptors (Lipinski definition) is 3. The van der Waals surface area contributed by atoms with Crippen molar-refractivity contribution in [2.24, 2.45) is 0 Å². The van der Waals surface area contributed by atoms with Crippen molar-refractivity contribution in [3.8, 4) is 11.1 Å². The van der Waals surface area contributed by atoms with Crippen molar-refractivity contribution >= 4 is 27.8 Å². The Morgan fingerprint density at radius 3 is 2.75 bits per heavy atom. The summed E-state index contributed by atoms with van der Waals surface area (Å²) >= 11 is 0. The Balaban J connectivity index is 1.96. The standard InChI is InChI=1S/C25H19FN2O4/c1-13-5-3-6-15(14(13)2)12-28-19-11-18(26)16-8-10-32-23(16)21(19)20(22(28)25(30)31)17-7-4-9-27-24(17)29/h3-11H,12H2,1-2H3,(H,27,29)(H,30,31). The van der Waals surface area contributed by atoms with Crippen molar-refractivity contribution < 1.29 is 18.7 Å². The number of aryl methyl sites for hydroxylation is 1. The average Bonchev–Trinajstić information content (AvgIpc) is 3.36. The number of carboxylic acid groups (broad SMARTS) is 1. The fourth-order valence-corrected chi connectivity index (χ4v) is 4.33. The maximum absolute atomic E-state index is 14.9. The first-order valence-corrected chi connectivity index (χ1v) is 10.1. The second-order valence-electron chi connectivity index (χ2n) is 7.80. The van der Waals surface area contributed by atoms with Crippen molar-refractivity contribution in [2.45, 2.75) is 20.4 Å². The second-order valence-corrected chi connectivity index (χ2v) is 7.80. The molecule has 0 unspecified atom stereocenters. The van der Waals surface area contributed by atoms with Crippen LogP contribution in [0.2, 0.25) is 0 Å². The molecule has 160 valence electrons. The SMILES string of the molecule is Cc1cccc(Cn2c(C(=O)O)c(-c3ccc[nH]c3=O)c3c4occc4c(F)cc32)c1C. The predicted molar refractivity (Wildman–Crippen MR) is 120 cm³/mol. The van der Waals surface area contributed by atoms with Gasteiger partial charge in [-0.2, -0.15) is 0 Å². The number of carboxylic acids is 1. The zero-order valence-corrected chi connectivity index (χ0v) is 17.4. The number of aromatic carboxylic acids is 1. The number of carbonyl (C=O) groups is 1. The maximum Gasteiger partial charge on any atom is 0.353 e. The minimum Gasteiger partial charge on any atom is -0.477 e. The number of H-pyrrole nitrogens is 1. The Bertz CT molecular complexity index is 1590. The number of rotatable bonds is 4. The summed E-state index contributed by atoms with van der Waals surface area (Å²) in [5, 5.41) is 10.9. The van der Waals surface area contributed by atoms with E-state index < -0.39 is 17.3 Å². The molecule has 0 radical (unpaired) electrons. The lowest BCUT2D eigenvalue weighted by atomic mass is 10.0. The van der Waals surface area contributed by atoms with Gasteiger partial charge in [0.15, 0.2) is 0 Å². The van der Waals surface area contributed by atoms with Gasteiger partial charge >= 0.3 is 5.97 Å². The second kappa shape index (κ2) is 7.23. The summed E-state index contributed by atoms with van der Waals surface area (Å²) in [6, 6.07) is 11.8. The highest BCUT2D eigenvalue weighted by Crippen LogP contribution is 2.40. The first-order valence-electron chi connectivity index (χ1n) is 10.1. The monoisotopic (exact) mass is 430 g/mol. The molecule has 0 saturated carbocycles. The average molecular weight is 430 g/mol. The van der Waals surface area contributed by atoms with Crippen LogP contribution in [-0.2, 0) is 6.54 Å². The van der Waals surface area contributed by atoms with Gasteiger partial charge in [0.1, 0.15) is 17.1 Å². The smallest absolute Gasteiger partial charge is 0.353 e. The molecule has 2 aromatic carbocycles. The van der Waals surface area contributed by atoms with Crippen LogP contribution in [0.25, 0.3) is 33.0 Å². The lowest BCUT2D eigenvalue weighted by Gasteiger charge is -2.13. The van der Waals surface area contributed by atoms with E-state index in [9.17, 15) is 19.1 Å². The van der Waals surface area contributed by atoms with Crippen molar-refractivity contribution in [1.29, 1.82) is 0 Å². The molecule has 0 aliphatic heterocycles. The van der Waals surface area contributed by atoms with Crippen LogP contribution in [0.3, 0.4) is 0 Å². The van der Waals surface area contributed by atoms with Crippen molar-refractivity contribution in [2.75, 3.05) is 0 Å². The number of fused-ring (bicyclic) bond motifs is 3. The third kappa shape index (κ3) is 2.85. The molecule has 0 saturated heterocycles. The molecule has 7 heteroatoms. The number of aromatic nitrogens is 2. The largest absolute Gasteiger partial charge is 0.477 e. The van der Waals surface area contributed by atoms with Crippen LogP contribution in [0.5, 0.6) is 0 Å². The number of hydrogen-bond donors (Lipinski definition) is 2. The Hall–Kier alpha value is -4.13. The summed E-state index contributed by atoms with van der Waals surface area (Å²) in [7, 11) is 0. The number of furan rings is 1. The Morgan fingerprint density at radius 1 is 1.19 bits per heavy atom. The molecule has 0 atom stereocenters. The first kappa shape index (κ1) is 19.8. The molecule has 0 aliphatic rings. The minimum absolute atomic E-state index is 0.0964. The lowest BCUT2D eigenvalue weighted by molar-refractivity contribution is 0.0687. The highest BCUT2D eigenvalue weighted by Gasteiger charge is 2.29. The zero-order valence-electron chi connectivity index (χ0n) is 17.4. The van der Waals surface area contributed by atoms with E-state index in [2.05, 4.69) is 4.98 Å². The molecule has 2 N–H and O–H groups in total. The first-order chi connectivity index (χ1) is 15.4. The molecule has 6 nitrogen and oxygen atoms in total. The van der Waals surface area contributed by atoms with E-state index in [1.165, 1.54) is 24.6 Å². The summed E-state index contributed by atoms with van der Waals surface area (Å²) < 4.78 is 22.1. The van der Waals surface area contributed by atoms with Crippen LogP contribution in [-0.4, -0.2) is 20.6 Å². The van der Waals surface area contributed by atoms with Gasteiger partial charge in [-0.1, -0.05) is 18.2 Å². The molecule has 5 rings (SSSR count). The topological polar surface area (TPSA) is 88.2 Å². The van der Waals surface area contributed by atoms with Gasteiger partial charge < -0.3 is 19.1 Å². The molecular weight excluding hydrogens is 411 g/mol. The minimum atomic E-state index is -1.22. The zero-order chi connectivity index (χ0) is 22.6.